The van der Waals surface area contributed by atoms with Gasteiger partial charge in [0, 0.05) is 13.1 Å². The Bertz CT molecular complexity index is 886. The topological polar surface area (TPSA) is 123 Å². The average molecular weight is 394 g/mol. The summed E-state index contributed by atoms with van der Waals surface area (Å²) in [6.45, 7) is 0.230. The Morgan fingerprint density at radius 2 is 1.93 bits per heavy atom. The molecule has 146 valence electrons. The summed E-state index contributed by atoms with van der Waals surface area (Å²) < 4.78 is 34.9. The molecule has 1 aliphatic carbocycles. The lowest BCUT2D eigenvalue weighted by Gasteiger charge is -2.26. The second-order valence-electron chi connectivity index (χ2n) is 6.57. The molecule has 0 bridgehead atoms. The first-order valence-corrected chi connectivity index (χ1v) is 10.1. The van der Waals surface area contributed by atoms with Crippen LogP contribution in [0.3, 0.4) is 0 Å². The van der Waals surface area contributed by atoms with Gasteiger partial charge >= 0.3 is 5.97 Å². The third-order valence-electron chi connectivity index (χ3n) is 4.71. The number of hydrogen-bond acceptors (Lipinski definition) is 6. The molecule has 0 radical (unpaired) electrons. The number of rotatable bonds is 7. The number of carbonyl (C=O) groups is 1. The van der Waals surface area contributed by atoms with E-state index < -0.39 is 16.0 Å². The van der Waals surface area contributed by atoms with Crippen LogP contribution in [0.1, 0.15) is 31.5 Å². The highest BCUT2D eigenvalue weighted by Crippen LogP contribution is 2.26. The number of carboxylic acids is 1. The third-order valence-corrected chi connectivity index (χ3v) is 6.24. The van der Waals surface area contributed by atoms with Crippen molar-refractivity contribution in [3.8, 4) is 5.75 Å². The van der Waals surface area contributed by atoms with E-state index in [2.05, 4.69) is 14.8 Å². The molecule has 0 aliphatic heterocycles. The van der Waals surface area contributed by atoms with Crippen LogP contribution in [0.4, 0.5) is 0 Å². The number of nitrogens with zero attached hydrogens (tertiary/aromatic N) is 3. The minimum Gasteiger partial charge on any atom is -0.486 e. The van der Waals surface area contributed by atoms with E-state index in [-0.39, 0.29) is 23.5 Å². The summed E-state index contributed by atoms with van der Waals surface area (Å²) in [5.41, 5.74) is 0. The highest BCUT2D eigenvalue weighted by atomic mass is 32.2. The monoisotopic (exact) mass is 394 g/mol. The Balaban J connectivity index is 1.57. The Morgan fingerprint density at radius 3 is 2.48 bits per heavy atom. The highest BCUT2D eigenvalue weighted by Gasteiger charge is 2.28. The van der Waals surface area contributed by atoms with Crippen LogP contribution in [0.15, 0.2) is 35.5 Å². The lowest BCUT2D eigenvalue weighted by atomic mass is 9.87. The molecule has 1 fully saturated rings. The number of benzene rings is 1. The molecule has 0 spiro atoms. The number of sulfonamides is 1. The lowest BCUT2D eigenvalue weighted by Crippen LogP contribution is -2.38. The molecular formula is C17H22N4O5S. The standard InChI is InChI=1S/C17H22N4O5S/c1-21-16(18-11-19-21)10-26-14-6-8-15(9-7-14)27(24,25)20-13-4-2-12(3-5-13)17(22)23/h6-9,11-13,20H,2-5,10H2,1H3,(H,22,23). The van der Waals surface area contributed by atoms with Crippen LogP contribution in [0.2, 0.25) is 0 Å². The maximum absolute atomic E-state index is 12.5. The van der Waals surface area contributed by atoms with Crippen molar-refractivity contribution in [2.75, 3.05) is 0 Å². The van der Waals surface area contributed by atoms with Crippen molar-refractivity contribution in [2.45, 2.75) is 43.2 Å². The largest absolute Gasteiger partial charge is 0.486 e. The minimum atomic E-state index is -3.66. The first kappa shape index (κ1) is 19.3. The number of aromatic nitrogens is 3. The summed E-state index contributed by atoms with van der Waals surface area (Å²) in [4.78, 5) is 15.2. The Hall–Kier alpha value is -2.46. The molecule has 0 amide bonds. The fourth-order valence-electron chi connectivity index (χ4n) is 3.06. The van der Waals surface area contributed by atoms with Crippen molar-refractivity contribution >= 4 is 16.0 Å². The van der Waals surface area contributed by atoms with Gasteiger partial charge in [-0.25, -0.2) is 18.1 Å². The molecule has 2 N–H and O–H groups in total. The van der Waals surface area contributed by atoms with Crippen molar-refractivity contribution in [1.29, 1.82) is 0 Å². The van der Waals surface area contributed by atoms with Crippen LogP contribution in [-0.2, 0) is 28.5 Å². The summed E-state index contributed by atoms with van der Waals surface area (Å²) in [6, 6.07) is 5.91. The zero-order valence-electron chi connectivity index (χ0n) is 14.9. The Labute approximate surface area is 157 Å². The highest BCUT2D eigenvalue weighted by molar-refractivity contribution is 7.89. The van der Waals surface area contributed by atoms with E-state index in [9.17, 15) is 13.2 Å². The van der Waals surface area contributed by atoms with Gasteiger partial charge in [-0.3, -0.25) is 9.48 Å². The molecule has 2 aromatic rings. The quantitative estimate of drug-likeness (QED) is 0.726. The first-order chi connectivity index (χ1) is 12.8. The summed E-state index contributed by atoms with van der Waals surface area (Å²) in [5.74, 6) is -0.00596. The molecule has 1 aromatic carbocycles. The molecule has 0 atom stereocenters. The van der Waals surface area contributed by atoms with Crippen molar-refractivity contribution in [3.05, 3.63) is 36.4 Å². The molecule has 27 heavy (non-hydrogen) atoms. The first-order valence-electron chi connectivity index (χ1n) is 8.66. The molecular weight excluding hydrogens is 372 g/mol. The van der Waals surface area contributed by atoms with E-state index in [1.54, 1.807) is 23.9 Å². The van der Waals surface area contributed by atoms with Gasteiger partial charge in [0.1, 0.15) is 18.7 Å². The van der Waals surface area contributed by atoms with Gasteiger partial charge in [-0.15, -0.1) is 0 Å². The molecule has 9 nitrogen and oxygen atoms in total. The fourth-order valence-corrected chi connectivity index (χ4v) is 4.36. The number of aryl methyl sites for hydroxylation is 1. The van der Waals surface area contributed by atoms with E-state index in [4.69, 9.17) is 9.84 Å². The maximum atomic E-state index is 12.5. The maximum Gasteiger partial charge on any atom is 0.306 e. The summed E-state index contributed by atoms with van der Waals surface area (Å²) in [6.07, 6.45) is 3.45. The molecule has 0 unspecified atom stereocenters. The molecule has 1 aromatic heterocycles. The summed E-state index contributed by atoms with van der Waals surface area (Å²) in [7, 11) is -1.90. The van der Waals surface area contributed by atoms with Crippen LogP contribution in [-0.4, -0.2) is 40.3 Å². The molecule has 10 heteroatoms. The zero-order chi connectivity index (χ0) is 19.4. The average Bonchev–Trinajstić information content (AvgIpc) is 3.05. The van der Waals surface area contributed by atoms with E-state index >= 15 is 0 Å². The predicted octanol–water partition coefficient (Wildman–Crippen LogP) is 1.32. The van der Waals surface area contributed by atoms with E-state index in [0.717, 1.165) is 0 Å². The molecule has 1 heterocycles. The van der Waals surface area contributed by atoms with Crippen LogP contribution < -0.4 is 9.46 Å². The SMILES string of the molecule is Cn1ncnc1COc1ccc(S(=O)(=O)NC2CCC(C(=O)O)CC2)cc1. The predicted molar refractivity (Wildman–Crippen MR) is 95.5 cm³/mol. The summed E-state index contributed by atoms with van der Waals surface area (Å²) in [5, 5.41) is 13.0. The van der Waals surface area contributed by atoms with Gasteiger partial charge in [-0.05, 0) is 49.9 Å². The second-order valence-corrected chi connectivity index (χ2v) is 8.28. The molecule has 3 rings (SSSR count). The van der Waals surface area contributed by atoms with Crippen molar-refractivity contribution in [1.82, 2.24) is 19.5 Å². The second kappa shape index (κ2) is 8.05. The van der Waals surface area contributed by atoms with E-state index in [1.807, 2.05) is 0 Å². The van der Waals surface area contributed by atoms with E-state index in [1.165, 1.54) is 18.5 Å². The van der Waals surface area contributed by atoms with Gasteiger partial charge in [-0.1, -0.05) is 0 Å². The normalized spacial score (nSPS) is 20.3. The van der Waals surface area contributed by atoms with Gasteiger partial charge in [0.25, 0.3) is 0 Å². The van der Waals surface area contributed by atoms with Crippen molar-refractivity contribution in [3.63, 3.8) is 0 Å². The molecule has 1 saturated carbocycles. The van der Waals surface area contributed by atoms with Gasteiger partial charge in [0.2, 0.25) is 10.0 Å². The van der Waals surface area contributed by atoms with Crippen molar-refractivity contribution in [2.24, 2.45) is 13.0 Å². The number of aliphatic carboxylic acids is 1. The van der Waals surface area contributed by atoms with Crippen molar-refractivity contribution < 1.29 is 23.1 Å². The van der Waals surface area contributed by atoms with E-state index in [0.29, 0.717) is 37.3 Å². The summed E-state index contributed by atoms with van der Waals surface area (Å²) >= 11 is 0. The smallest absolute Gasteiger partial charge is 0.306 e. The van der Waals surface area contributed by atoms with Gasteiger partial charge < -0.3 is 9.84 Å². The lowest BCUT2D eigenvalue weighted by molar-refractivity contribution is -0.142. The van der Waals surface area contributed by atoms with Gasteiger partial charge in [-0.2, -0.15) is 5.10 Å². The Kier molecular flexibility index (Phi) is 5.76. The number of carboxylic acid groups (broad SMARTS) is 1. The van der Waals surface area contributed by atoms with Gasteiger partial charge in [0.05, 0.1) is 10.8 Å². The van der Waals surface area contributed by atoms with Crippen LogP contribution >= 0.6 is 0 Å². The number of hydrogen-bond donors (Lipinski definition) is 2. The Morgan fingerprint density at radius 1 is 1.26 bits per heavy atom. The van der Waals surface area contributed by atoms with Crippen LogP contribution in [0.5, 0.6) is 5.75 Å². The minimum absolute atomic E-state index is 0.147. The number of nitrogens with one attached hydrogen (secondary N) is 1. The number of ether oxygens (including phenoxy) is 1. The third kappa shape index (κ3) is 4.83. The van der Waals surface area contributed by atoms with Crippen LogP contribution in [0.25, 0.3) is 0 Å². The molecule has 0 saturated heterocycles. The fraction of sp³-hybridized carbons (Fsp3) is 0.471. The molecule has 1 aliphatic rings. The van der Waals surface area contributed by atoms with Gasteiger partial charge in [0.15, 0.2) is 5.82 Å². The zero-order valence-corrected chi connectivity index (χ0v) is 15.7. The van der Waals surface area contributed by atoms with Crippen LogP contribution in [0, 0.1) is 5.92 Å².